The van der Waals surface area contributed by atoms with Gasteiger partial charge in [-0.1, -0.05) is 0 Å². The number of aldehydes is 1. The number of halogens is 6. The minimum absolute atomic E-state index is 0.0771. The van der Waals surface area contributed by atoms with Crippen LogP contribution in [0.15, 0.2) is 6.07 Å². The molecule has 0 fully saturated rings. The Labute approximate surface area is 90.0 Å². The van der Waals surface area contributed by atoms with E-state index >= 15 is 0 Å². The van der Waals surface area contributed by atoms with E-state index in [-0.39, 0.29) is 6.29 Å². The third kappa shape index (κ3) is 3.33. The maximum Gasteiger partial charge on any atom is 0.573 e. The van der Waals surface area contributed by atoms with Crippen molar-refractivity contribution < 1.29 is 35.9 Å². The monoisotopic (exact) mass is 259 g/mol. The predicted octanol–water partition coefficient (Wildman–Crippen LogP) is 2.87. The fraction of sp³-hybridized carbons (Fsp3) is 0.250. The molecule has 0 aromatic carbocycles. The molecular weight excluding hydrogens is 256 g/mol. The van der Waals surface area contributed by atoms with Crippen molar-refractivity contribution in [2.75, 3.05) is 0 Å². The van der Waals surface area contributed by atoms with E-state index in [1.165, 1.54) is 0 Å². The summed E-state index contributed by atoms with van der Waals surface area (Å²) in [6.07, 6.45) is -8.86. The topological polar surface area (TPSA) is 39.2 Å². The lowest BCUT2D eigenvalue weighted by Crippen LogP contribution is -2.20. The number of rotatable bonds is 3. The molecule has 0 saturated carbocycles. The zero-order valence-corrected chi connectivity index (χ0v) is 7.76. The highest BCUT2D eigenvalue weighted by Gasteiger charge is 2.35. The Hall–Kier alpha value is -1.80. The van der Waals surface area contributed by atoms with E-state index in [0.29, 0.717) is 6.07 Å². The predicted molar refractivity (Wildman–Crippen MR) is 41.2 cm³/mol. The van der Waals surface area contributed by atoms with E-state index in [2.05, 4.69) is 9.72 Å². The van der Waals surface area contributed by atoms with E-state index in [9.17, 15) is 31.1 Å². The fourth-order valence-corrected chi connectivity index (χ4v) is 0.980. The van der Waals surface area contributed by atoms with Gasteiger partial charge in [-0.15, -0.1) is 13.2 Å². The highest BCUT2D eigenvalue weighted by Crippen LogP contribution is 2.34. The molecule has 17 heavy (non-hydrogen) atoms. The van der Waals surface area contributed by atoms with E-state index < -0.39 is 35.7 Å². The van der Waals surface area contributed by atoms with Crippen LogP contribution >= 0.6 is 0 Å². The second-order valence-corrected chi connectivity index (χ2v) is 2.72. The number of nitrogens with zero attached hydrogens (tertiary/aromatic N) is 1. The molecule has 0 spiro atoms. The Bertz CT molecular complexity index is 431. The van der Waals surface area contributed by atoms with Crippen molar-refractivity contribution in [3.05, 3.63) is 23.3 Å². The van der Waals surface area contributed by atoms with Crippen molar-refractivity contribution >= 4 is 6.29 Å². The summed E-state index contributed by atoms with van der Waals surface area (Å²) in [6.45, 7) is 0. The molecule has 3 nitrogen and oxygen atoms in total. The molecule has 0 N–H and O–H groups in total. The Morgan fingerprint density at radius 1 is 1.35 bits per heavy atom. The molecule has 0 radical (unpaired) electrons. The van der Waals surface area contributed by atoms with Gasteiger partial charge < -0.3 is 4.74 Å². The van der Waals surface area contributed by atoms with Gasteiger partial charge in [-0.25, -0.2) is 13.8 Å². The summed E-state index contributed by atoms with van der Waals surface area (Å²) in [6, 6.07) is 0.321. The first-order valence-electron chi connectivity index (χ1n) is 3.94. The fourth-order valence-electron chi connectivity index (χ4n) is 0.980. The lowest BCUT2D eigenvalue weighted by atomic mass is 10.2. The first kappa shape index (κ1) is 13.3. The smallest absolute Gasteiger partial charge is 0.400 e. The zero-order chi connectivity index (χ0) is 13.2. The third-order valence-corrected chi connectivity index (χ3v) is 1.55. The molecule has 0 amide bonds. The van der Waals surface area contributed by atoms with Crippen LogP contribution in [0.25, 0.3) is 0 Å². The van der Waals surface area contributed by atoms with Crippen LogP contribution in [0.1, 0.15) is 22.5 Å². The van der Waals surface area contributed by atoms with Crippen LogP contribution in [-0.2, 0) is 0 Å². The lowest BCUT2D eigenvalue weighted by Gasteiger charge is -2.13. The van der Waals surface area contributed by atoms with Gasteiger partial charge in [0.2, 0.25) is 0 Å². The number of ether oxygens (including phenoxy) is 1. The van der Waals surface area contributed by atoms with Gasteiger partial charge in [0, 0.05) is 0 Å². The summed E-state index contributed by atoms with van der Waals surface area (Å²) in [5.41, 5.74) is -2.15. The number of carbonyl (C=O) groups is 1. The average molecular weight is 259 g/mol. The zero-order valence-electron chi connectivity index (χ0n) is 7.76. The highest BCUT2D eigenvalue weighted by atomic mass is 19.4. The first-order chi connectivity index (χ1) is 7.74. The summed E-state index contributed by atoms with van der Waals surface area (Å²) in [5.74, 6) is -3.67. The van der Waals surface area contributed by atoms with E-state index in [1.54, 1.807) is 0 Å². The number of alkyl halides is 5. The first-order valence-corrected chi connectivity index (χ1v) is 3.94. The Kier molecular flexibility index (Phi) is 3.59. The molecule has 0 saturated heterocycles. The van der Waals surface area contributed by atoms with E-state index in [1.807, 2.05) is 0 Å². The number of pyridine rings is 1. The normalized spacial score (nSPS) is 11.7. The molecule has 94 valence electrons. The SMILES string of the molecule is O=Cc1cc(C(F)F)c(OC(F)(F)F)c(F)n1. The standard InChI is InChI=1S/C8H3F6NO2/c9-6(10)4-1-3(2-16)15-7(11)5(4)17-8(12,13)14/h1-2,6H. The van der Waals surface area contributed by atoms with Crippen LogP contribution in [0.5, 0.6) is 5.75 Å². The van der Waals surface area contributed by atoms with Crippen molar-refractivity contribution in [3.63, 3.8) is 0 Å². The number of hydrogen-bond acceptors (Lipinski definition) is 3. The molecule has 0 aliphatic heterocycles. The third-order valence-electron chi connectivity index (χ3n) is 1.55. The average Bonchev–Trinajstić information content (AvgIpc) is 2.18. The summed E-state index contributed by atoms with van der Waals surface area (Å²) in [4.78, 5) is 12.9. The van der Waals surface area contributed by atoms with Gasteiger partial charge >= 0.3 is 6.36 Å². The Morgan fingerprint density at radius 2 is 1.94 bits per heavy atom. The van der Waals surface area contributed by atoms with Crippen LogP contribution in [0.3, 0.4) is 0 Å². The van der Waals surface area contributed by atoms with Gasteiger partial charge in [-0.05, 0) is 6.07 Å². The number of hydrogen-bond donors (Lipinski definition) is 0. The molecule has 0 bridgehead atoms. The minimum atomic E-state index is -5.34. The largest absolute Gasteiger partial charge is 0.573 e. The minimum Gasteiger partial charge on any atom is -0.400 e. The van der Waals surface area contributed by atoms with Crippen molar-refractivity contribution in [1.82, 2.24) is 4.98 Å². The second-order valence-electron chi connectivity index (χ2n) is 2.72. The molecule has 1 aromatic heterocycles. The van der Waals surface area contributed by atoms with Crippen LogP contribution in [0.2, 0.25) is 0 Å². The Morgan fingerprint density at radius 3 is 2.35 bits per heavy atom. The summed E-state index contributed by atoms with van der Waals surface area (Å²) in [5, 5.41) is 0. The van der Waals surface area contributed by atoms with Gasteiger partial charge in [0.15, 0.2) is 12.0 Å². The van der Waals surface area contributed by atoms with Crippen molar-refractivity contribution in [2.45, 2.75) is 12.8 Å². The van der Waals surface area contributed by atoms with Gasteiger partial charge in [0.05, 0.1) is 5.56 Å². The summed E-state index contributed by atoms with van der Waals surface area (Å²) >= 11 is 0. The van der Waals surface area contributed by atoms with Gasteiger partial charge in [0.25, 0.3) is 12.4 Å². The van der Waals surface area contributed by atoms with Crippen LogP contribution in [0, 0.1) is 5.95 Å². The summed E-state index contributed by atoms with van der Waals surface area (Å²) in [7, 11) is 0. The molecule has 0 aliphatic rings. The molecule has 1 rings (SSSR count). The van der Waals surface area contributed by atoms with Gasteiger partial charge in [-0.3, -0.25) is 4.79 Å². The maximum absolute atomic E-state index is 13.0. The van der Waals surface area contributed by atoms with E-state index in [4.69, 9.17) is 0 Å². The van der Waals surface area contributed by atoms with Crippen molar-refractivity contribution in [1.29, 1.82) is 0 Å². The summed E-state index contributed by atoms with van der Waals surface area (Å²) < 4.78 is 76.2. The van der Waals surface area contributed by atoms with Crippen molar-refractivity contribution in [3.8, 4) is 5.75 Å². The molecule has 0 aliphatic carbocycles. The van der Waals surface area contributed by atoms with Crippen molar-refractivity contribution in [2.24, 2.45) is 0 Å². The highest BCUT2D eigenvalue weighted by molar-refractivity contribution is 5.72. The van der Waals surface area contributed by atoms with Gasteiger partial charge in [-0.2, -0.15) is 4.39 Å². The molecule has 9 heteroatoms. The number of carbonyl (C=O) groups excluding carboxylic acids is 1. The Balaban J connectivity index is 3.31. The maximum atomic E-state index is 13.0. The van der Waals surface area contributed by atoms with E-state index in [0.717, 1.165) is 0 Å². The van der Waals surface area contributed by atoms with Crippen LogP contribution in [0.4, 0.5) is 26.3 Å². The number of aromatic nitrogens is 1. The molecule has 1 heterocycles. The second kappa shape index (κ2) is 4.60. The molecule has 0 atom stereocenters. The molecule has 1 aromatic rings. The van der Waals surface area contributed by atoms with Gasteiger partial charge in [0.1, 0.15) is 5.69 Å². The van der Waals surface area contributed by atoms with Crippen LogP contribution in [-0.4, -0.2) is 17.6 Å². The lowest BCUT2D eigenvalue weighted by molar-refractivity contribution is -0.276. The van der Waals surface area contributed by atoms with Crippen LogP contribution < -0.4 is 4.74 Å². The molecule has 0 unspecified atom stereocenters. The molecular formula is C8H3F6NO2. The quantitative estimate of drug-likeness (QED) is 0.476.